The fourth-order valence-electron chi connectivity index (χ4n) is 1.34. The number of carboxylic acids is 1. The first-order chi connectivity index (χ1) is 9.09. The van der Waals surface area contributed by atoms with Crippen molar-refractivity contribution in [2.75, 3.05) is 32.8 Å². The van der Waals surface area contributed by atoms with Gasteiger partial charge in [0.05, 0.1) is 5.02 Å². The molecule has 1 aliphatic rings. The Morgan fingerprint density at radius 3 is 2.21 bits per heavy atom. The molecule has 3 N–H and O–H groups in total. The number of aliphatic carboxylic acids is 1. The maximum Gasteiger partial charge on any atom is 0.341 e. The van der Waals surface area contributed by atoms with Crippen LogP contribution in [0.3, 0.4) is 0 Å². The highest BCUT2D eigenvalue weighted by Gasteiger charge is 2.04. The largest absolute Gasteiger partial charge is 0.480 e. The van der Waals surface area contributed by atoms with Crippen molar-refractivity contribution in [3.63, 3.8) is 0 Å². The molecular weight excluding hydrogens is 291 g/mol. The van der Waals surface area contributed by atoms with Crippen LogP contribution in [0.5, 0.6) is 5.75 Å². The molecule has 0 unspecified atom stereocenters. The Kier molecular flexibility index (Phi) is 7.59. The summed E-state index contributed by atoms with van der Waals surface area (Å²) in [6, 6.07) is 4.58. The van der Waals surface area contributed by atoms with E-state index in [1.165, 1.54) is 12.1 Å². The third-order valence-corrected chi connectivity index (χ3v) is 2.73. The number of halogens is 2. The quantitative estimate of drug-likeness (QED) is 0.792. The van der Waals surface area contributed by atoms with E-state index in [-0.39, 0.29) is 0 Å². The van der Waals surface area contributed by atoms with Crippen molar-refractivity contribution >= 4 is 29.2 Å². The van der Waals surface area contributed by atoms with Crippen molar-refractivity contribution in [1.82, 2.24) is 10.6 Å². The molecule has 1 heterocycles. The number of benzene rings is 1. The summed E-state index contributed by atoms with van der Waals surface area (Å²) in [5, 5.41) is 15.5. The molecule has 7 heteroatoms. The second-order valence-corrected chi connectivity index (χ2v) is 4.60. The summed E-state index contributed by atoms with van der Waals surface area (Å²) in [6.07, 6.45) is 0. The molecule has 0 amide bonds. The molecule has 0 aromatic heterocycles. The zero-order chi connectivity index (χ0) is 14.1. The van der Waals surface area contributed by atoms with E-state index >= 15 is 0 Å². The molecule has 106 valence electrons. The predicted octanol–water partition coefficient (Wildman–Crippen LogP) is 1.64. The Morgan fingerprint density at radius 1 is 1.21 bits per heavy atom. The minimum atomic E-state index is -1.05. The van der Waals surface area contributed by atoms with Crippen molar-refractivity contribution < 1.29 is 14.6 Å². The zero-order valence-electron chi connectivity index (χ0n) is 10.3. The Labute approximate surface area is 121 Å². The molecule has 0 spiro atoms. The number of ether oxygens (including phenoxy) is 1. The molecule has 1 aliphatic heterocycles. The smallest absolute Gasteiger partial charge is 0.341 e. The van der Waals surface area contributed by atoms with E-state index in [2.05, 4.69) is 10.6 Å². The van der Waals surface area contributed by atoms with Gasteiger partial charge in [-0.15, -0.1) is 0 Å². The van der Waals surface area contributed by atoms with Gasteiger partial charge in [0.2, 0.25) is 0 Å². The Morgan fingerprint density at radius 2 is 1.79 bits per heavy atom. The third-order valence-electron chi connectivity index (χ3n) is 2.20. The molecule has 5 nitrogen and oxygen atoms in total. The number of carboxylic acid groups (broad SMARTS) is 1. The van der Waals surface area contributed by atoms with E-state index in [1.54, 1.807) is 6.07 Å². The predicted molar refractivity (Wildman–Crippen MR) is 75.3 cm³/mol. The van der Waals surface area contributed by atoms with Crippen LogP contribution in [0.1, 0.15) is 0 Å². The van der Waals surface area contributed by atoms with Crippen molar-refractivity contribution in [3.05, 3.63) is 28.2 Å². The van der Waals surface area contributed by atoms with Gasteiger partial charge in [-0.1, -0.05) is 23.2 Å². The van der Waals surface area contributed by atoms with E-state index in [9.17, 15) is 4.79 Å². The second-order valence-electron chi connectivity index (χ2n) is 3.76. The highest BCUT2D eigenvalue weighted by molar-refractivity contribution is 6.35. The average molecular weight is 307 g/mol. The van der Waals surface area contributed by atoms with Crippen LogP contribution in [-0.4, -0.2) is 43.9 Å². The van der Waals surface area contributed by atoms with E-state index in [4.69, 9.17) is 33.0 Å². The number of nitrogens with one attached hydrogen (secondary N) is 2. The van der Waals surface area contributed by atoms with Crippen molar-refractivity contribution in [1.29, 1.82) is 0 Å². The van der Waals surface area contributed by atoms with Gasteiger partial charge in [-0.25, -0.2) is 4.79 Å². The van der Waals surface area contributed by atoms with Gasteiger partial charge < -0.3 is 20.5 Å². The topological polar surface area (TPSA) is 70.6 Å². The van der Waals surface area contributed by atoms with Crippen LogP contribution in [0.2, 0.25) is 10.0 Å². The van der Waals surface area contributed by atoms with E-state index in [0.717, 1.165) is 26.2 Å². The second kappa shape index (κ2) is 8.98. The lowest BCUT2D eigenvalue weighted by Crippen LogP contribution is -2.39. The maximum atomic E-state index is 10.2. The van der Waals surface area contributed by atoms with Gasteiger partial charge in [-0.05, 0) is 18.2 Å². The van der Waals surface area contributed by atoms with Crippen molar-refractivity contribution in [2.24, 2.45) is 0 Å². The van der Waals surface area contributed by atoms with Crippen LogP contribution in [0.4, 0.5) is 0 Å². The zero-order valence-corrected chi connectivity index (χ0v) is 11.8. The third kappa shape index (κ3) is 7.22. The lowest BCUT2D eigenvalue weighted by atomic mass is 10.3. The molecule has 0 atom stereocenters. The number of rotatable bonds is 3. The summed E-state index contributed by atoms with van der Waals surface area (Å²) < 4.78 is 4.86. The molecule has 1 aromatic carbocycles. The average Bonchev–Trinajstić information content (AvgIpc) is 2.40. The van der Waals surface area contributed by atoms with Gasteiger partial charge >= 0.3 is 5.97 Å². The molecule has 1 aromatic rings. The lowest BCUT2D eigenvalue weighted by molar-refractivity contribution is -0.139. The minimum absolute atomic E-state index is 0.300. The molecule has 0 radical (unpaired) electrons. The van der Waals surface area contributed by atoms with Gasteiger partial charge in [0.15, 0.2) is 6.61 Å². The van der Waals surface area contributed by atoms with E-state index in [0.29, 0.717) is 15.8 Å². The van der Waals surface area contributed by atoms with Crippen LogP contribution >= 0.6 is 23.2 Å². The van der Waals surface area contributed by atoms with Gasteiger partial charge in [0, 0.05) is 31.2 Å². The normalized spacial score (nSPS) is 14.2. The fraction of sp³-hybridized carbons (Fsp3) is 0.417. The summed E-state index contributed by atoms with van der Waals surface area (Å²) >= 11 is 11.3. The van der Waals surface area contributed by atoms with E-state index < -0.39 is 12.6 Å². The van der Waals surface area contributed by atoms with Crippen LogP contribution in [0.25, 0.3) is 0 Å². The van der Waals surface area contributed by atoms with Crippen molar-refractivity contribution in [2.45, 2.75) is 0 Å². The molecule has 0 aliphatic carbocycles. The molecule has 19 heavy (non-hydrogen) atoms. The summed E-state index contributed by atoms with van der Waals surface area (Å²) in [7, 11) is 0. The number of hydrogen-bond donors (Lipinski definition) is 3. The molecular formula is C12H16Cl2N2O3. The molecule has 0 saturated carbocycles. The number of carbonyl (C=O) groups is 1. The lowest BCUT2D eigenvalue weighted by Gasteiger charge is -2.11. The van der Waals surface area contributed by atoms with Gasteiger partial charge in [0.25, 0.3) is 0 Å². The van der Waals surface area contributed by atoms with Gasteiger partial charge in [0.1, 0.15) is 5.75 Å². The Balaban J connectivity index is 0.000000250. The maximum absolute atomic E-state index is 10.2. The first kappa shape index (κ1) is 16.0. The first-order valence-corrected chi connectivity index (χ1v) is 6.56. The Hall–Kier alpha value is -1.01. The molecule has 0 bridgehead atoms. The highest BCUT2D eigenvalue weighted by Crippen LogP contribution is 2.27. The monoisotopic (exact) mass is 306 g/mol. The van der Waals surface area contributed by atoms with Crippen LogP contribution in [0, 0.1) is 0 Å². The fourth-order valence-corrected chi connectivity index (χ4v) is 1.80. The first-order valence-electron chi connectivity index (χ1n) is 5.80. The molecule has 2 rings (SSSR count). The summed E-state index contributed by atoms with van der Waals surface area (Å²) in [6.45, 7) is 4.14. The van der Waals surface area contributed by atoms with E-state index in [1.807, 2.05) is 0 Å². The Bertz CT molecular complexity index is 400. The summed E-state index contributed by atoms with van der Waals surface area (Å²) in [5.41, 5.74) is 0. The number of hydrogen-bond acceptors (Lipinski definition) is 4. The van der Waals surface area contributed by atoms with Crippen LogP contribution < -0.4 is 15.4 Å². The van der Waals surface area contributed by atoms with Crippen LogP contribution in [-0.2, 0) is 4.79 Å². The molecule has 1 saturated heterocycles. The highest BCUT2D eigenvalue weighted by atomic mass is 35.5. The molecule has 1 fully saturated rings. The van der Waals surface area contributed by atoms with Crippen molar-refractivity contribution in [3.8, 4) is 5.75 Å². The standard InChI is InChI=1S/C8H6Cl2O3.C4H10N2/c9-5-1-2-7(6(10)3-5)13-4-8(11)12;1-2-6-4-3-5-1/h1-3H,4H2,(H,11,12);5-6H,1-4H2. The SMILES string of the molecule is C1CNCCN1.O=C(O)COc1ccc(Cl)cc1Cl. The number of piperazine rings is 1. The minimum Gasteiger partial charge on any atom is -0.480 e. The van der Waals surface area contributed by atoms with Crippen LogP contribution in [0.15, 0.2) is 18.2 Å². The summed E-state index contributed by atoms with van der Waals surface area (Å²) in [5.74, 6) is -0.737. The van der Waals surface area contributed by atoms with Gasteiger partial charge in [-0.3, -0.25) is 0 Å². The summed E-state index contributed by atoms with van der Waals surface area (Å²) in [4.78, 5) is 10.2. The van der Waals surface area contributed by atoms with Gasteiger partial charge in [-0.2, -0.15) is 0 Å².